The maximum atomic E-state index is 5.84. The molecule has 0 amide bonds. The predicted octanol–water partition coefficient (Wildman–Crippen LogP) is 4.66. The van der Waals surface area contributed by atoms with Gasteiger partial charge in [0.1, 0.15) is 11.3 Å². The van der Waals surface area contributed by atoms with Crippen molar-refractivity contribution in [1.82, 2.24) is 0 Å². The minimum Gasteiger partial charge on any atom is -0.493 e. The molecule has 4 nitrogen and oxygen atoms in total. The van der Waals surface area contributed by atoms with Crippen LogP contribution in [0.25, 0.3) is 23.1 Å². The highest BCUT2D eigenvalue weighted by Crippen LogP contribution is 2.34. The molecule has 0 unspecified atom stereocenters. The van der Waals surface area contributed by atoms with Crippen molar-refractivity contribution in [3.05, 3.63) is 53.8 Å². The van der Waals surface area contributed by atoms with E-state index >= 15 is 0 Å². The van der Waals surface area contributed by atoms with E-state index in [1.165, 1.54) is 0 Å². The fraction of sp³-hybridized carbons (Fsp3) is 0.158. The van der Waals surface area contributed by atoms with Crippen LogP contribution in [0.5, 0.6) is 11.5 Å². The lowest BCUT2D eigenvalue weighted by Crippen LogP contribution is -1.89. The average molecular weight is 309 g/mol. The first-order chi connectivity index (χ1) is 11.2. The number of rotatable bonds is 5. The molecule has 1 heterocycles. The molecule has 3 aromatic rings. The Hall–Kier alpha value is -2.88. The van der Waals surface area contributed by atoms with Gasteiger partial charge in [0.25, 0.3) is 0 Å². The first kappa shape index (κ1) is 15.0. The average Bonchev–Trinajstić information content (AvgIpc) is 3.00. The summed E-state index contributed by atoms with van der Waals surface area (Å²) in [5.41, 5.74) is 2.97. The van der Waals surface area contributed by atoms with Crippen LogP contribution in [0.4, 0.5) is 5.69 Å². The molecule has 4 heteroatoms. The Balaban J connectivity index is 1.89. The van der Waals surface area contributed by atoms with Gasteiger partial charge in [-0.05, 0) is 35.9 Å². The summed E-state index contributed by atoms with van der Waals surface area (Å²) < 4.78 is 16.5. The Morgan fingerprint density at radius 3 is 2.26 bits per heavy atom. The zero-order valence-corrected chi connectivity index (χ0v) is 13.4. The van der Waals surface area contributed by atoms with Crippen molar-refractivity contribution in [2.75, 3.05) is 26.6 Å². The summed E-state index contributed by atoms with van der Waals surface area (Å²) >= 11 is 0. The second-order valence-corrected chi connectivity index (χ2v) is 5.10. The van der Waals surface area contributed by atoms with Crippen LogP contribution >= 0.6 is 0 Å². The number of fused-ring (bicyclic) bond motifs is 1. The molecule has 0 spiro atoms. The van der Waals surface area contributed by atoms with Crippen molar-refractivity contribution >= 4 is 28.8 Å². The largest absolute Gasteiger partial charge is 0.493 e. The van der Waals surface area contributed by atoms with Gasteiger partial charge < -0.3 is 19.2 Å². The highest BCUT2D eigenvalue weighted by atomic mass is 16.5. The number of hydrogen-bond donors (Lipinski definition) is 1. The van der Waals surface area contributed by atoms with Crippen molar-refractivity contribution in [3.63, 3.8) is 0 Å². The van der Waals surface area contributed by atoms with Gasteiger partial charge in [-0.3, -0.25) is 0 Å². The highest BCUT2D eigenvalue weighted by Gasteiger charge is 2.09. The van der Waals surface area contributed by atoms with Crippen molar-refractivity contribution < 1.29 is 13.9 Å². The molecule has 0 radical (unpaired) electrons. The van der Waals surface area contributed by atoms with Gasteiger partial charge in [-0.1, -0.05) is 18.2 Å². The first-order valence-electron chi connectivity index (χ1n) is 7.35. The molecule has 23 heavy (non-hydrogen) atoms. The summed E-state index contributed by atoms with van der Waals surface area (Å²) in [7, 11) is 5.14. The van der Waals surface area contributed by atoms with Crippen molar-refractivity contribution in [2.24, 2.45) is 0 Å². The molecule has 1 aromatic heterocycles. The predicted molar refractivity (Wildman–Crippen MR) is 94.2 cm³/mol. The van der Waals surface area contributed by atoms with E-state index in [0.29, 0.717) is 11.5 Å². The highest BCUT2D eigenvalue weighted by molar-refractivity contribution is 5.85. The van der Waals surface area contributed by atoms with Gasteiger partial charge in [0.2, 0.25) is 0 Å². The van der Waals surface area contributed by atoms with E-state index in [2.05, 4.69) is 17.4 Å². The molecular formula is C19H19NO3. The zero-order valence-electron chi connectivity index (χ0n) is 13.4. The fourth-order valence-electron chi connectivity index (χ4n) is 2.41. The number of ether oxygens (including phenoxy) is 2. The second kappa shape index (κ2) is 6.48. The summed E-state index contributed by atoms with van der Waals surface area (Å²) in [5, 5.41) is 4.08. The monoisotopic (exact) mass is 309 g/mol. The molecule has 0 aliphatic heterocycles. The molecule has 0 aliphatic carbocycles. The van der Waals surface area contributed by atoms with E-state index in [4.69, 9.17) is 13.9 Å². The van der Waals surface area contributed by atoms with Crippen LogP contribution in [0.3, 0.4) is 0 Å². The molecule has 0 saturated carbocycles. The maximum absolute atomic E-state index is 5.84. The van der Waals surface area contributed by atoms with Gasteiger partial charge in [0.15, 0.2) is 11.5 Å². The molecule has 2 aromatic carbocycles. The standard InChI is InChI=1S/C19H19NO3/c1-20-15-7-4-13(5-8-15)6-9-16-10-14-11-18(21-2)19(22-3)12-17(14)23-16/h4-12,20H,1-3H3. The van der Waals surface area contributed by atoms with Crippen LogP contribution in [0.15, 0.2) is 46.9 Å². The lowest BCUT2D eigenvalue weighted by atomic mass is 10.2. The van der Waals surface area contributed by atoms with Crippen LogP contribution in [0, 0.1) is 0 Å². The summed E-state index contributed by atoms with van der Waals surface area (Å²) in [6.07, 6.45) is 3.97. The van der Waals surface area contributed by atoms with Gasteiger partial charge in [-0.25, -0.2) is 0 Å². The quantitative estimate of drug-likeness (QED) is 0.744. The summed E-state index contributed by atoms with van der Waals surface area (Å²) in [4.78, 5) is 0. The third-order valence-electron chi connectivity index (χ3n) is 3.68. The smallest absolute Gasteiger partial charge is 0.164 e. The van der Waals surface area contributed by atoms with Crippen molar-refractivity contribution in [3.8, 4) is 11.5 Å². The van der Waals surface area contributed by atoms with Gasteiger partial charge >= 0.3 is 0 Å². The molecule has 0 saturated heterocycles. The van der Waals surface area contributed by atoms with E-state index < -0.39 is 0 Å². The number of furan rings is 1. The van der Waals surface area contributed by atoms with E-state index in [-0.39, 0.29) is 0 Å². The third-order valence-corrected chi connectivity index (χ3v) is 3.68. The molecule has 0 aliphatic rings. The molecule has 0 fully saturated rings. The number of benzene rings is 2. The SMILES string of the molecule is CNc1ccc(C=Cc2cc3cc(OC)c(OC)cc3o2)cc1. The molecule has 0 atom stereocenters. The maximum Gasteiger partial charge on any atom is 0.164 e. The van der Waals surface area contributed by atoms with Crippen LogP contribution in [-0.2, 0) is 0 Å². The number of hydrogen-bond acceptors (Lipinski definition) is 4. The molecule has 1 N–H and O–H groups in total. The summed E-state index contributed by atoms with van der Waals surface area (Å²) in [6, 6.07) is 13.9. The zero-order chi connectivity index (χ0) is 16.2. The van der Waals surface area contributed by atoms with Crippen molar-refractivity contribution in [1.29, 1.82) is 0 Å². The Morgan fingerprint density at radius 2 is 1.61 bits per heavy atom. The van der Waals surface area contributed by atoms with Crippen LogP contribution in [0.1, 0.15) is 11.3 Å². The van der Waals surface area contributed by atoms with Gasteiger partial charge in [-0.15, -0.1) is 0 Å². The van der Waals surface area contributed by atoms with E-state index in [0.717, 1.165) is 28.0 Å². The second-order valence-electron chi connectivity index (χ2n) is 5.10. The molecule has 118 valence electrons. The van der Waals surface area contributed by atoms with E-state index in [9.17, 15) is 0 Å². The first-order valence-corrected chi connectivity index (χ1v) is 7.35. The molecule has 0 bridgehead atoms. The number of methoxy groups -OCH3 is 2. The molecular weight excluding hydrogens is 290 g/mol. The van der Waals surface area contributed by atoms with Crippen molar-refractivity contribution in [2.45, 2.75) is 0 Å². The van der Waals surface area contributed by atoms with Crippen LogP contribution in [-0.4, -0.2) is 21.3 Å². The number of anilines is 1. The number of nitrogens with one attached hydrogen (secondary N) is 1. The Bertz CT molecular complexity index is 791. The Morgan fingerprint density at radius 1 is 0.913 bits per heavy atom. The summed E-state index contributed by atoms with van der Waals surface area (Å²) in [6.45, 7) is 0. The topological polar surface area (TPSA) is 43.6 Å². The van der Waals surface area contributed by atoms with E-state index in [1.807, 2.05) is 49.5 Å². The minimum absolute atomic E-state index is 0.660. The lowest BCUT2D eigenvalue weighted by Gasteiger charge is -2.06. The van der Waals surface area contributed by atoms with Gasteiger partial charge in [-0.2, -0.15) is 0 Å². The van der Waals surface area contributed by atoms with Gasteiger partial charge in [0, 0.05) is 24.2 Å². The van der Waals surface area contributed by atoms with Crippen LogP contribution in [0.2, 0.25) is 0 Å². The summed E-state index contributed by atoms with van der Waals surface area (Å²) in [5.74, 6) is 2.14. The Labute approximate surface area is 135 Å². The minimum atomic E-state index is 0.660. The lowest BCUT2D eigenvalue weighted by molar-refractivity contribution is 0.355. The molecule has 3 rings (SSSR count). The normalized spacial score (nSPS) is 11.1. The van der Waals surface area contributed by atoms with Gasteiger partial charge in [0.05, 0.1) is 14.2 Å². The Kier molecular flexibility index (Phi) is 4.24. The fourth-order valence-corrected chi connectivity index (χ4v) is 2.41. The van der Waals surface area contributed by atoms with Crippen LogP contribution < -0.4 is 14.8 Å². The van der Waals surface area contributed by atoms with E-state index in [1.54, 1.807) is 14.2 Å². The third kappa shape index (κ3) is 3.16.